The van der Waals surface area contributed by atoms with E-state index in [2.05, 4.69) is 10.3 Å². The van der Waals surface area contributed by atoms with Crippen LogP contribution < -0.4 is 10.1 Å². The first-order valence-electron chi connectivity index (χ1n) is 7.51. The smallest absolute Gasteiger partial charge is 0.240 e. The van der Waals surface area contributed by atoms with Crippen molar-refractivity contribution in [3.8, 4) is 5.75 Å². The van der Waals surface area contributed by atoms with Crippen LogP contribution in [0, 0.1) is 0 Å². The fourth-order valence-corrected chi connectivity index (χ4v) is 2.68. The van der Waals surface area contributed by atoms with E-state index in [-0.39, 0.29) is 18.5 Å². The Morgan fingerprint density at radius 1 is 1.22 bits per heavy atom. The lowest BCUT2D eigenvalue weighted by Crippen LogP contribution is -2.30. The van der Waals surface area contributed by atoms with Crippen LogP contribution in [0.25, 0.3) is 11.0 Å². The van der Waals surface area contributed by atoms with Gasteiger partial charge >= 0.3 is 0 Å². The summed E-state index contributed by atoms with van der Waals surface area (Å²) >= 11 is 0. The van der Waals surface area contributed by atoms with E-state index >= 15 is 0 Å². The van der Waals surface area contributed by atoms with Crippen LogP contribution in [0.5, 0.6) is 5.75 Å². The minimum atomic E-state index is -0.131. The molecule has 5 nitrogen and oxygen atoms in total. The number of hydrogen-bond acceptors (Lipinski definition) is 3. The summed E-state index contributed by atoms with van der Waals surface area (Å²) < 4.78 is 7.19. The van der Waals surface area contributed by atoms with Gasteiger partial charge in [-0.05, 0) is 25.1 Å². The zero-order valence-electron chi connectivity index (χ0n) is 13.2. The Morgan fingerprint density at radius 2 is 1.96 bits per heavy atom. The molecule has 1 amide bonds. The van der Waals surface area contributed by atoms with Crippen molar-refractivity contribution in [2.75, 3.05) is 7.11 Å². The molecular formula is C18H19N3O2. The van der Waals surface area contributed by atoms with Crippen molar-refractivity contribution in [1.82, 2.24) is 14.9 Å². The van der Waals surface area contributed by atoms with Crippen molar-refractivity contribution >= 4 is 16.9 Å². The standard InChI is InChI=1S/C18H19N3O2/c1-13(14-7-3-6-10-17(14)23-2)20-18(22)11-21-12-19-15-8-4-5-9-16(15)21/h3-10,12-13H,11H2,1-2H3,(H,20,22). The molecule has 0 saturated carbocycles. The number of imidazole rings is 1. The number of amides is 1. The second kappa shape index (κ2) is 6.52. The molecule has 5 heteroatoms. The average molecular weight is 309 g/mol. The summed E-state index contributed by atoms with van der Waals surface area (Å²) in [6.07, 6.45) is 1.69. The molecule has 1 atom stereocenters. The summed E-state index contributed by atoms with van der Waals surface area (Å²) in [4.78, 5) is 16.6. The highest BCUT2D eigenvalue weighted by molar-refractivity contribution is 5.80. The van der Waals surface area contributed by atoms with E-state index in [1.165, 1.54) is 0 Å². The van der Waals surface area contributed by atoms with E-state index in [9.17, 15) is 4.79 Å². The van der Waals surface area contributed by atoms with Gasteiger partial charge in [0, 0.05) is 5.56 Å². The van der Waals surface area contributed by atoms with Gasteiger partial charge in [-0.25, -0.2) is 4.98 Å². The maximum absolute atomic E-state index is 12.3. The summed E-state index contributed by atoms with van der Waals surface area (Å²) in [5.74, 6) is 0.708. The van der Waals surface area contributed by atoms with Gasteiger partial charge in [0.2, 0.25) is 5.91 Å². The van der Waals surface area contributed by atoms with E-state index in [4.69, 9.17) is 4.74 Å². The van der Waals surface area contributed by atoms with Crippen LogP contribution in [-0.2, 0) is 11.3 Å². The SMILES string of the molecule is COc1ccccc1C(C)NC(=O)Cn1cnc2ccccc21. The highest BCUT2D eigenvalue weighted by Crippen LogP contribution is 2.24. The maximum Gasteiger partial charge on any atom is 0.240 e. The monoisotopic (exact) mass is 309 g/mol. The predicted molar refractivity (Wildman–Crippen MR) is 89.3 cm³/mol. The molecule has 118 valence electrons. The fourth-order valence-electron chi connectivity index (χ4n) is 2.68. The van der Waals surface area contributed by atoms with Gasteiger partial charge in [-0.15, -0.1) is 0 Å². The van der Waals surface area contributed by atoms with Crippen molar-refractivity contribution in [3.05, 3.63) is 60.4 Å². The molecule has 0 spiro atoms. The zero-order chi connectivity index (χ0) is 16.2. The van der Waals surface area contributed by atoms with E-state index in [0.717, 1.165) is 22.3 Å². The van der Waals surface area contributed by atoms with Gasteiger partial charge in [-0.3, -0.25) is 4.79 Å². The largest absolute Gasteiger partial charge is 0.496 e. The molecule has 1 heterocycles. The van der Waals surface area contributed by atoms with Crippen LogP contribution in [-0.4, -0.2) is 22.6 Å². The lowest BCUT2D eigenvalue weighted by molar-refractivity contribution is -0.122. The number of nitrogens with zero attached hydrogens (tertiary/aromatic N) is 2. The minimum absolute atomic E-state index is 0.0634. The summed E-state index contributed by atoms with van der Waals surface area (Å²) in [5.41, 5.74) is 2.80. The number of methoxy groups -OCH3 is 1. The number of carbonyl (C=O) groups excluding carboxylic acids is 1. The first kappa shape index (κ1) is 15.1. The third-order valence-electron chi connectivity index (χ3n) is 3.82. The molecule has 1 N–H and O–H groups in total. The molecule has 0 saturated heterocycles. The Labute approximate surface area is 134 Å². The van der Waals surface area contributed by atoms with Gasteiger partial charge in [-0.1, -0.05) is 30.3 Å². The van der Waals surface area contributed by atoms with Crippen LogP contribution in [0.4, 0.5) is 0 Å². The summed E-state index contributed by atoms with van der Waals surface area (Å²) in [6.45, 7) is 2.18. The molecule has 0 aliphatic heterocycles. The summed E-state index contributed by atoms with van der Waals surface area (Å²) in [5, 5.41) is 3.01. The first-order valence-corrected chi connectivity index (χ1v) is 7.51. The molecule has 3 aromatic rings. The highest BCUT2D eigenvalue weighted by atomic mass is 16.5. The number of hydrogen-bond donors (Lipinski definition) is 1. The van der Waals surface area contributed by atoms with Crippen LogP contribution in [0.3, 0.4) is 0 Å². The van der Waals surface area contributed by atoms with E-state index < -0.39 is 0 Å². The topological polar surface area (TPSA) is 56.1 Å². The molecule has 0 aliphatic carbocycles. The van der Waals surface area contributed by atoms with Gasteiger partial charge in [0.1, 0.15) is 12.3 Å². The van der Waals surface area contributed by atoms with E-state index in [0.29, 0.717) is 0 Å². The molecule has 2 aromatic carbocycles. The zero-order valence-corrected chi connectivity index (χ0v) is 13.2. The van der Waals surface area contributed by atoms with Gasteiger partial charge in [0.05, 0.1) is 30.5 Å². The molecule has 1 aromatic heterocycles. The Morgan fingerprint density at radius 3 is 2.78 bits per heavy atom. The van der Waals surface area contributed by atoms with Crippen molar-refractivity contribution < 1.29 is 9.53 Å². The number of aromatic nitrogens is 2. The molecule has 0 bridgehead atoms. The number of carbonyl (C=O) groups is 1. The summed E-state index contributed by atoms with van der Waals surface area (Å²) in [6, 6.07) is 15.3. The number of rotatable bonds is 5. The lowest BCUT2D eigenvalue weighted by Gasteiger charge is -2.17. The van der Waals surface area contributed by atoms with Gasteiger partial charge in [0.15, 0.2) is 0 Å². The number of ether oxygens (including phenoxy) is 1. The number of fused-ring (bicyclic) bond motifs is 1. The number of nitrogens with one attached hydrogen (secondary N) is 1. The summed E-state index contributed by atoms with van der Waals surface area (Å²) in [7, 11) is 1.63. The molecule has 0 aliphatic rings. The van der Waals surface area contributed by atoms with Crippen molar-refractivity contribution in [2.45, 2.75) is 19.5 Å². The lowest BCUT2D eigenvalue weighted by atomic mass is 10.1. The van der Waals surface area contributed by atoms with Gasteiger partial charge < -0.3 is 14.6 Å². The van der Waals surface area contributed by atoms with Crippen LogP contribution in [0.2, 0.25) is 0 Å². The normalized spacial score (nSPS) is 12.1. The number of para-hydroxylation sites is 3. The molecule has 0 radical (unpaired) electrons. The fraction of sp³-hybridized carbons (Fsp3) is 0.222. The maximum atomic E-state index is 12.3. The van der Waals surface area contributed by atoms with E-state index in [1.54, 1.807) is 13.4 Å². The quantitative estimate of drug-likeness (QED) is 0.788. The average Bonchev–Trinajstić information content (AvgIpc) is 2.97. The van der Waals surface area contributed by atoms with Crippen LogP contribution >= 0.6 is 0 Å². The Balaban J connectivity index is 1.72. The van der Waals surface area contributed by atoms with Crippen molar-refractivity contribution in [2.24, 2.45) is 0 Å². The van der Waals surface area contributed by atoms with Gasteiger partial charge in [-0.2, -0.15) is 0 Å². The van der Waals surface area contributed by atoms with Crippen LogP contribution in [0.1, 0.15) is 18.5 Å². The molecule has 23 heavy (non-hydrogen) atoms. The second-order valence-electron chi connectivity index (χ2n) is 5.39. The molecule has 3 rings (SSSR count). The predicted octanol–water partition coefficient (Wildman–Crippen LogP) is 2.92. The minimum Gasteiger partial charge on any atom is -0.496 e. The van der Waals surface area contributed by atoms with Crippen molar-refractivity contribution in [1.29, 1.82) is 0 Å². The Kier molecular flexibility index (Phi) is 4.28. The Hall–Kier alpha value is -2.82. The van der Waals surface area contributed by atoms with Crippen LogP contribution in [0.15, 0.2) is 54.9 Å². The van der Waals surface area contributed by atoms with Crippen molar-refractivity contribution in [3.63, 3.8) is 0 Å². The Bertz CT molecular complexity index is 826. The molecule has 0 fully saturated rings. The van der Waals surface area contributed by atoms with E-state index in [1.807, 2.05) is 60.0 Å². The first-order chi connectivity index (χ1) is 11.2. The third kappa shape index (κ3) is 3.18. The highest BCUT2D eigenvalue weighted by Gasteiger charge is 2.14. The third-order valence-corrected chi connectivity index (χ3v) is 3.82. The molecular weight excluding hydrogens is 290 g/mol. The molecule has 1 unspecified atom stereocenters. The second-order valence-corrected chi connectivity index (χ2v) is 5.39. The number of benzene rings is 2. The van der Waals surface area contributed by atoms with Gasteiger partial charge in [0.25, 0.3) is 0 Å².